The van der Waals surface area contributed by atoms with Crippen LogP contribution in [0.25, 0.3) is 0 Å². The summed E-state index contributed by atoms with van der Waals surface area (Å²) in [6.45, 7) is 13.0. The molecular formula is C26H37N3O2. The Morgan fingerprint density at radius 3 is 2.23 bits per heavy atom. The van der Waals surface area contributed by atoms with E-state index in [4.69, 9.17) is 4.74 Å². The van der Waals surface area contributed by atoms with Crippen LogP contribution in [0.1, 0.15) is 32.8 Å². The van der Waals surface area contributed by atoms with E-state index in [2.05, 4.69) is 47.1 Å². The van der Waals surface area contributed by atoms with Crippen LogP contribution in [-0.2, 0) is 11.2 Å². The fourth-order valence-electron chi connectivity index (χ4n) is 4.27. The van der Waals surface area contributed by atoms with E-state index in [0.29, 0.717) is 13.0 Å². The van der Waals surface area contributed by atoms with Gasteiger partial charge in [0.15, 0.2) is 0 Å². The summed E-state index contributed by atoms with van der Waals surface area (Å²) in [5.41, 5.74) is 2.35. The van der Waals surface area contributed by atoms with E-state index >= 15 is 0 Å². The molecule has 0 saturated carbocycles. The predicted octanol–water partition coefficient (Wildman–Crippen LogP) is 4.08. The third kappa shape index (κ3) is 6.81. The molecule has 1 saturated heterocycles. The molecule has 5 nitrogen and oxygen atoms in total. The lowest BCUT2D eigenvalue weighted by Gasteiger charge is -2.38. The molecule has 3 rings (SSSR count). The van der Waals surface area contributed by atoms with Gasteiger partial charge in [0.1, 0.15) is 5.75 Å². The average molecular weight is 424 g/mol. The number of nitrogens with zero attached hydrogens (tertiary/aromatic N) is 3. The summed E-state index contributed by atoms with van der Waals surface area (Å²) in [5.74, 6) is 1.01. The van der Waals surface area contributed by atoms with Gasteiger partial charge in [0, 0.05) is 57.4 Å². The lowest BCUT2D eigenvalue weighted by molar-refractivity contribution is -0.118. The lowest BCUT2D eigenvalue weighted by atomic mass is 10.1. The van der Waals surface area contributed by atoms with Gasteiger partial charge in [-0.15, -0.1) is 0 Å². The smallest absolute Gasteiger partial charge is 0.226 e. The summed E-state index contributed by atoms with van der Waals surface area (Å²) >= 11 is 0. The third-order valence-electron chi connectivity index (χ3n) is 5.98. The van der Waals surface area contributed by atoms with Crippen molar-refractivity contribution >= 4 is 11.6 Å². The Morgan fingerprint density at radius 2 is 1.61 bits per heavy atom. The average Bonchev–Trinajstić information content (AvgIpc) is 2.80. The summed E-state index contributed by atoms with van der Waals surface area (Å²) < 4.78 is 5.55. The molecule has 31 heavy (non-hydrogen) atoms. The third-order valence-corrected chi connectivity index (χ3v) is 5.98. The maximum atomic E-state index is 12.7. The summed E-state index contributed by atoms with van der Waals surface area (Å²) in [4.78, 5) is 19.7. The second-order valence-electron chi connectivity index (χ2n) is 8.27. The molecule has 2 aromatic rings. The minimum absolute atomic E-state index is 0.126. The maximum Gasteiger partial charge on any atom is 0.226 e. The van der Waals surface area contributed by atoms with Gasteiger partial charge in [-0.3, -0.25) is 9.69 Å². The second-order valence-corrected chi connectivity index (χ2v) is 8.27. The van der Waals surface area contributed by atoms with Gasteiger partial charge in [0.05, 0.1) is 6.61 Å². The topological polar surface area (TPSA) is 36.0 Å². The van der Waals surface area contributed by atoms with Crippen LogP contribution in [0.5, 0.6) is 5.75 Å². The molecule has 1 aliphatic rings. The zero-order valence-electron chi connectivity index (χ0n) is 19.3. The molecule has 1 atom stereocenters. The summed E-state index contributed by atoms with van der Waals surface area (Å²) in [7, 11) is 0. The Labute approximate surface area is 187 Å². The molecule has 0 bridgehead atoms. The number of carbonyl (C=O) groups excluding carboxylic acids is 1. The first-order valence-corrected chi connectivity index (χ1v) is 11.6. The largest absolute Gasteiger partial charge is 0.494 e. The summed E-state index contributed by atoms with van der Waals surface area (Å²) in [5, 5.41) is 0. The van der Waals surface area contributed by atoms with Crippen LogP contribution < -0.4 is 9.64 Å². The van der Waals surface area contributed by atoms with Gasteiger partial charge in [-0.05, 0) is 50.1 Å². The highest BCUT2D eigenvalue weighted by Crippen LogP contribution is 2.23. The van der Waals surface area contributed by atoms with E-state index in [1.54, 1.807) is 0 Å². The first kappa shape index (κ1) is 23.3. The molecule has 1 fully saturated rings. The molecule has 5 heteroatoms. The molecule has 0 aromatic heterocycles. The first-order chi connectivity index (χ1) is 15.1. The fraction of sp³-hybridized carbons (Fsp3) is 0.500. The molecule has 0 N–H and O–H groups in total. The van der Waals surface area contributed by atoms with Gasteiger partial charge in [-0.25, -0.2) is 0 Å². The van der Waals surface area contributed by atoms with Crippen LogP contribution in [0, 0.1) is 0 Å². The normalized spacial score (nSPS) is 16.1. The van der Waals surface area contributed by atoms with Gasteiger partial charge >= 0.3 is 0 Å². The number of amides is 1. The Balaban J connectivity index is 1.52. The minimum atomic E-state index is 0.126. The quantitative estimate of drug-likeness (QED) is 0.577. The number of benzene rings is 2. The highest BCUT2D eigenvalue weighted by Gasteiger charge is 2.25. The van der Waals surface area contributed by atoms with Crippen molar-refractivity contribution in [3.05, 3.63) is 60.2 Å². The van der Waals surface area contributed by atoms with Crippen molar-refractivity contribution in [1.29, 1.82) is 0 Å². The molecule has 1 amide bonds. The molecule has 168 valence electrons. The van der Waals surface area contributed by atoms with Crippen LogP contribution in [0.2, 0.25) is 0 Å². The summed E-state index contributed by atoms with van der Waals surface area (Å²) in [6, 6.07) is 18.7. The van der Waals surface area contributed by atoms with Crippen LogP contribution in [-0.4, -0.2) is 67.6 Å². The van der Waals surface area contributed by atoms with E-state index in [1.807, 2.05) is 43.0 Å². The monoisotopic (exact) mass is 423 g/mol. The number of ether oxygens (including phenoxy) is 1. The molecule has 1 unspecified atom stereocenters. The van der Waals surface area contributed by atoms with Crippen molar-refractivity contribution in [2.45, 2.75) is 39.7 Å². The first-order valence-electron chi connectivity index (χ1n) is 11.6. The van der Waals surface area contributed by atoms with Gasteiger partial charge < -0.3 is 14.5 Å². The van der Waals surface area contributed by atoms with Crippen molar-refractivity contribution in [2.75, 3.05) is 50.8 Å². The van der Waals surface area contributed by atoms with E-state index in [0.717, 1.165) is 57.1 Å². The number of rotatable bonds is 10. The maximum absolute atomic E-state index is 12.7. The van der Waals surface area contributed by atoms with E-state index in [9.17, 15) is 4.79 Å². The van der Waals surface area contributed by atoms with Crippen LogP contribution >= 0.6 is 0 Å². The Bertz CT molecular complexity index is 786. The van der Waals surface area contributed by atoms with Gasteiger partial charge in [0.2, 0.25) is 5.91 Å². The Kier molecular flexibility index (Phi) is 8.92. The zero-order valence-corrected chi connectivity index (χ0v) is 19.3. The molecular weight excluding hydrogens is 386 g/mol. The molecule has 1 heterocycles. The predicted molar refractivity (Wildman–Crippen MR) is 128 cm³/mol. The molecule has 0 radical (unpaired) electrons. The van der Waals surface area contributed by atoms with Crippen LogP contribution in [0.3, 0.4) is 0 Å². The SMILES string of the molecule is CCOc1ccc(N(C(=O)CC)C(C)CN2CCN(CCc3ccccc3)CC2)cc1. The standard InChI is InChI=1S/C26H37N3O2/c1-4-26(30)29(24-11-13-25(14-12-24)31-5-2)22(3)21-28-19-17-27(18-20-28)16-15-23-9-7-6-8-10-23/h6-14,22H,4-5,15-21H2,1-3H3. The highest BCUT2D eigenvalue weighted by atomic mass is 16.5. The lowest BCUT2D eigenvalue weighted by Crippen LogP contribution is -2.52. The van der Waals surface area contributed by atoms with Crippen molar-refractivity contribution in [2.24, 2.45) is 0 Å². The number of carbonyl (C=O) groups is 1. The molecule has 1 aliphatic heterocycles. The van der Waals surface area contributed by atoms with E-state index in [-0.39, 0.29) is 11.9 Å². The van der Waals surface area contributed by atoms with Gasteiger partial charge in [-0.1, -0.05) is 37.3 Å². The number of piperazine rings is 1. The van der Waals surface area contributed by atoms with Crippen molar-refractivity contribution < 1.29 is 9.53 Å². The second kappa shape index (κ2) is 11.9. The van der Waals surface area contributed by atoms with E-state index < -0.39 is 0 Å². The van der Waals surface area contributed by atoms with Crippen LogP contribution in [0.15, 0.2) is 54.6 Å². The Morgan fingerprint density at radius 1 is 0.968 bits per heavy atom. The number of anilines is 1. The van der Waals surface area contributed by atoms with Crippen molar-refractivity contribution in [1.82, 2.24) is 9.80 Å². The molecule has 0 spiro atoms. The molecule has 0 aliphatic carbocycles. The van der Waals surface area contributed by atoms with Crippen molar-refractivity contribution in [3.63, 3.8) is 0 Å². The van der Waals surface area contributed by atoms with Crippen LogP contribution in [0.4, 0.5) is 5.69 Å². The number of hydrogen-bond acceptors (Lipinski definition) is 4. The van der Waals surface area contributed by atoms with E-state index in [1.165, 1.54) is 5.56 Å². The summed E-state index contributed by atoms with van der Waals surface area (Å²) in [6.07, 6.45) is 1.61. The highest BCUT2D eigenvalue weighted by molar-refractivity contribution is 5.93. The molecule has 2 aromatic carbocycles. The number of hydrogen-bond donors (Lipinski definition) is 0. The van der Waals surface area contributed by atoms with Crippen molar-refractivity contribution in [3.8, 4) is 5.75 Å². The minimum Gasteiger partial charge on any atom is -0.494 e. The van der Waals surface area contributed by atoms with Gasteiger partial charge in [0.25, 0.3) is 0 Å². The fourth-order valence-corrected chi connectivity index (χ4v) is 4.27. The zero-order chi connectivity index (χ0) is 22.1. The van der Waals surface area contributed by atoms with Gasteiger partial charge in [-0.2, -0.15) is 0 Å². The Hall–Kier alpha value is -2.37.